The number of allylic oxidation sites excluding steroid dienone is 2. The quantitative estimate of drug-likeness (QED) is 0.631. The molecule has 0 aliphatic heterocycles. The Bertz CT molecular complexity index is 736. The smallest absolute Gasteiger partial charge is 0.161 e. The Kier molecular flexibility index (Phi) is 5.15. The van der Waals surface area contributed by atoms with E-state index >= 15 is 0 Å². The molecule has 2 aromatic heterocycles. The summed E-state index contributed by atoms with van der Waals surface area (Å²) >= 11 is 0. The second-order valence-electron chi connectivity index (χ2n) is 5.04. The van der Waals surface area contributed by atoms with Crippen molar-refractivity contribution in [3.63, 3.8) is 0 Å². The second-order valence-corrected chi connectivity index (χ2v) is 5.04. The molecule has 120 valence electrons. The van der Waals surface area contributed by atoms with E-state index < -0.39 is 0 Å². The highest BCUT2D eigenvalue weighted by atomic mass is 15.1. The van der Waals surface area contributed by atoms with Gasteiger partial charge in [-0.3, -0.25) is 5.10 Å². The first-order valence-electron chi connectivity index (χ1n) is 7.32. The Morgan fingerprint density at radius 3 is 2.78 bits per heavy atom. The Morgan fingerprint density at radius 1 is 1.43 bits per heavy atom. The minimum Gasteiger partial charge on any atom is -0.402 e. The lowest BCUT2D eigenvalue weighted by Gasteiger charge is -2.12. The summed E-state index contributed by atoms with van der Waals surface area (Å²) in [5.41, 5.74) is 14.5. The number of nitrogens with two attached hydrogens (primary N) is 2. The van der Waals surface area contributed by atoms with Crippen LogP contribution in [0.1, 0.15) is 37.4 Å². The van der Waals surface area contributed by atoms with Gasteiger partial charge >= 0.3 is 0 Å². The number of nitrogen functional groups attached to an aromatic ring is 1. The van der Waals surface area contributed by atoms with Gasteiger partial charge < -0.3 is 16.8 Å². The highest BCUT2D eigenvalue weighted by Gasteiger charge is 2.15. The minimum absolute atomic E-state index is 0.147. The summed E-state index contributed by atoms with van der Waals surface area (Å²) in [6.45, 7) is 4.34. The third-order valence-corrected chi connectivity index (χ3v) is 3.39. The number of aromatic nitrogens is 4. The standard InChI is InChI=1S/C15H20N8/c1-3-11(9(2)17)15-21-13(18)12(8-16)14(22-15)19-6-4-10-5-7-20-23-10/h5,7H,3-4,6,17H2,1-2H3,(H,20,23)(H3,18,19,21,22). The molecule has 0 bridgehead atoms. The number of anilines is 2. The van der Waals surface area contributed by atoms with Crippen LogP contribution in [-0.2, 0) is 6.42 Å². The Morgan fingerprint density at radius 2 is 2.22 bits per heavy atom. The maximum absolute atomic E-state index is 9.28. The van der Waals surface area contributed by atoms with E-state index in [-0.39, 0.29) is 11.4 Å². The zero-order valence-electron chi connectivity index (χ0n) is 13.2. The molecular formula is C15H20N8. The topological polar surface area (TPSA) is 142 Å². The predicted molar refractivity (Wildman–Crippen MR) is 89.0 cm³/mol. The minimum atomic E-state index is 0.147. The fourth-order valence-electron chi connectivity index (χ4n) is 2.20. The van der Waals surface area contributed by atoms with Crippen LogP contribution in [0.2, 0.25) is 0 Å². The molecule has 0 aliphatic rings. The van der Waals surface area contributed by atoms with Gasteiger partial charge in [0.05, 0.1) is 0 Å². The van der Waals surface area contributed by atoms with E-state index in [4.69, 9.17) is 11.5 Å². The van der Waals surface area contributed by atoms with Crippen LogP contribution < -0.4 is 16.8 Å². The van der Waals surface area contributed by atoms with Crippen LogP contribution in [0.4, 0.5) is 11.6 Å². The van der Waals surface area contributed by atoms with Crippen molar-refractivity contribution in [2.75, 3.05) is 17.6 Å². The molecule has 0 saturated carbocycles. The van der Waals surface area contributed by atoms with Crippen LogP contribution >= 0.6 is 0 Å². The lowest BCUT2D eigenvalue weighted by Crippen LogP contribution is -2.13. The van der Waals surface area contributed by atoms with Crippen molar-refractivity contribution in [1.29, 1.82) is 5.26 Å². The Balaban J connectivity index is 2.27. The summed E-state index contributed by atoms with van der Waals surface area (Å²) in [5.74, 6) is 1.02. The summed E-state index contributed by atoms with van der Waals surface area (Å²) in [4.78, 5) is 8.63. The van der Waals surface area contributed by atoms with Crippen molar-refractivity contribution >= 4 is 17.2 Å². The van der Waals surface area contributed by atoms with Gasteiger partial charge in [-0.15, -0.1) is 0 Å². The van der Waals surface area contributed by atoms with E-state index in [9.17, 15) is 5.26 Å². The average molecular weight is 312 g/mol. The van der Waals surface area contributed by atoms with Crippen LogP contribution in [0.25, 0.3) is 5.57 Å². The third kappa shape index (κ3) is 3.77. The predicted octanol–water partition coefficient (Wildman–Crippen LogP) is 1.41. The van der Waals surface area contributed by atoms with Crippen molar-refractivity contribution < 1.29 is 0 Å². The van der Waals surface area contributed by atoms with Crippen molar-refractivity contribution in [2.45, 2.75) is 26.7 Å². The molecule has 8 nitrogen and oxygen atoms in total. The number of rotatable bonds is 6. The SMILES string of the molecule is CCC(=C(C)N)c1nc(N)c(C#N)c(NCCc2ccn[nH]2)n1. The van der Waals surface area contributed by atoms with Gasteiger partial charge in [-0.25, -0.2) is 9.97 Å². The van der Waals surface area contributed by atoms with Gasteiger partial charge in [-0.2, -0.15) is 10.4 Å². The van der Waals surface area contributed by atoms with Crippen molar-refractivity contribution in [3.8, 4) is 6.07 Å². The first-order valence-corrected chi connectivity index (χ1v) is 7.32. The summed E-state index contributed by atoms with van der Waals surface area (Å²) in [6, 6.07) is 3.93. The van der Waals surface area contributed by atoms with E-state index in [1.54, 1.807) is 13.1 Å². The fraction of sp³-hybridized carbons (Fsp3) is 0.333. The van der Waals surface area contributed by atoms with E-state index in [0.29, 0.717) is 30.3 Å². The monoisotopic (exact) mass is 312 g/mol. The van der Waals surface area contributed by atoms with Crippen LogP contribution in [0, 0.1) is 11.3 Å². The molecule has 0 aliphatic carbocycles. The van der Waals surface area contributed by atoms with Gasteiger partial charge in [0.25, 0.3) is 0 Å². The number of nitrogens with zero attached hydrogens (tertiary/aromatic N) is 4. The lowest BCUT2D eigenvalue weighted by molar-refractivity contribution is 0.920. The van der Waals surface area contributed by atoms with Crippen molar-refractivity contribution in [3.05, 3.63) is 35.0 Å². The fourth-order valence-corrected chi connectivity index (χ4v) is 2.20. The molecule has 2 heterocycles. The number of nitrogens with one attached hydrogen (secondary N) is 2. The van der Waals surface area contributed by atoms with Gasteiger partial charge in [0.2, 0.25) is 0 Å². The number of H-pyrrole nitrogens is 1. The maximum atomic E-state index is 9.28. The Labute approximate surface area is 134 Å². The highest BCUT2D eigenvalue weighted by Crippen LogP contribution is 2.23. The molecule has 0 fully saturated rings. The molecule has 0 radical (unpaired) electrons. The second kappa shape index (κ2) is 7.26. The van der Waals surface area contributed by atoms with Gasteiger partial charge in [0.15, 0.2) is 5.82 Å². The first kappa shape index (κ1) is 16.3. The first-order chi connectivity index (χ1) is 11.1. The molecule has 0 saturated heterocycles. The van der Waals surface area contributed by atoms with Crippen LogP contribution in [-0.4, -0.2) is 26.7 Å². The summed E-state index contributed by atoms with van der Waals surface area (Å²) < 4.78 is 0. The molecule has 6 N–H and O–H groups in total. The van der Waals surface area contributed by atoms with E-state index in [1.165, 1.54) is 0 Å². The van der Waals surface area contributed by atoms with Gasteiger partial charge in [0.1, 0.15) is 23.3 Å². The number of aromatic amines is 1. The van der Waals surface area contributed by atoms with Gasteiger partial charge in [0, 0.05) is 36.1 Å². The molecule has 2 aromatic rings. The highest BCUT2D eigenvalue weighted by molar-refractivity contribution is 5.69. The van der Waals surface area contributed by atoms with Crippen molar-refractivity contribution in [1.82, 2.24) is 20.2 Å². The summed E-state index contributed by atoms with van der Waals surface area (Å²) in [7, 11) is 0. The number of hydrogen-bond acceptors (Lipinski definition) is 7. The van der Waals surface area contributed by atoms with Crippen LogP contribution in [0.15, 0.2) is 18.0 Å². The molecule has 0 atom stereocenters. The molecule has 0 unspecified atom stereocenters. The normalized spacial score (nSPS) is 11.7. The molecule has 0 spiro atoms. The number of hydrogen-bond donors (Lipinski definition) is 4. The van der Waals surface area contributed by atoms with E-state index in [2.05, 4.69) is 25.5 Å². The summed E-state index contributed by atoms with van der Waals surface area (Å²) in [5, 5.41) is 19.2. The lowest BCUT2D eigenvalue weighted by atomic mass is 10.1. The summed E-state index contributed by atoms with van der Waals surface area (Å²) in [6.07, 6.45) is 3.09. The Hall–Kier alpha value is -3.08. The van der Waals surface area contributed by atoms with Gasteiger partial charge in [-0.05, 0) is 19.4 Å². The largest absolute Gasteiger partial charge is 0.402 e. The number of nitriles is 1. The molecule has 23 heavy (non-hydrogen) atoms. The average Bonchev–Trinajstić information content (AvgIpc) is 3.01. The van der Waals surface area contributed by atoms with Crippen molar-refractivity contribution in [2.24, 2.45) is 5.73 Å². The van der Waals surface area contributed by atoms with Crippen LogP contribution in [0.5, 0.6) is 0 Å². The molecule has 8 heteroatoms. The zero-order valence-corrected chi connectivity index (χ0v) is 13.2. The molecular weight excluding hydrogens is 292 g/mol. The third-order valence-electron chi connectivity index (χ3n) is 3.39. The van der Waals surface area contributed by atoms with Crippen LogP contribution in [0.3, 0.4) is 0 Å². The van der Waals surface area contributed by atoms with E-state index in [1.807, 2.05) is 19.1 Å². The zero-order chi connectivity index (χ0) is 16.8. The molecule has 0 amide bonds. The maximum Gasteiger partial charge on any atom is 0.161 e. The molecule has 2 rings (SSSR count). The molecule has 0 aromatic carbocycles. The van der Waals surface area contributed by atoms with E-state index in [0.717, 1.165) is 17.7 Å². The van der Waals surface area contributed by atoms with Gasteiger partial charge in [-0.1, -0.05) is 6.92 Å².